The third-order valence-electron chi connectivity index (χ3n) is 1.71. The highest BCUT2D eigenvalue weighted by molar-refractivity contribution is 4.79. The van der Waals surface area contributed by atoms with Crippen LogP contribution in [-0.4, -0.2) is 31.1 Å². The first-order chi connectivity index (χ1) is 3.34. The van der Waals surface area contributed by atoms with Crippen molar-refractivity contribution in [2.24, 2.45) is 5.73 Å². The lowest BCUT2D eigenvalue weighted by Crippen LogP contribution is -2.48. The molecule has 2 heteroatoms. The highest BCUT2D eigenvalue weighted by Crippen LogP contribution is 2.11. The van der Waals surface area contributed by atoms with Gasteiger partial charge in [0.1, 0.15) is 0 Å². The van der Waals surface area contributed by atoms with Crippen LogP contribution in [0.3, 0.4) is 0 Å². The van der Waals surface area contributed by atoms with Crippen LogP contribution in [0.1, 0.15) is 6.42 Å². The fourth-order valence-electron chi connectivity index (χ4n) is 0.868. The van der Waals surface area contributed by atoms with Crippen molar-refractivity contribution in [1.29, 1.82) is 0 Å². The lowest BCUT2D eigenvalue weighted by molar-refractivity contribution is 0.133. The number of hydrogen-bond acceptors (Lipinski definition) is 2. The minimum Gasteiger partial charge on any atom is -0.329 e. The normalized spacial score (nSPS) is 32.6. The van der Waals surface area contributed by atoms with E-state index >= 15 is 0 Å². The van der Waals surface area contributed by atoms with Crippen molar-refractivity contribution in [2.75, 3.05) is 20.1 Å². The summed E-state index contributed by atoms with van der Waals surface area (Å²) in [4.78, 5) is 2.28. The van der Waals surface area contributed by atoms with Crippen LogP contribution in [0.25, 0.3) is 0 Å². The zero-order valence-electron chi connectivity index (χ0n) is 4.72. The third kappa shape index (κ3) is 0.763. The molecule has 0 spiro atoms. The second kappa shape index (κ2) is 1.80. The van der Waals surface area contributed by atoms with Crippen LogP contribution >= 0.6 is 0 Å². The summed E-state index contributed by atoms with van der Waals surface area (Å²) in [6.07, 6.45) is 1.30. The molecule has 0 aromatic carbocycles. The minimum atomic E-state index is 0.694. The molecule has 0 bridgehead atoms. The van der Waals surface area contributed by atoms with E-state index in [1.807, 2.05) is 0 Å². The van der Waals surface area contributed by atoms with Gasteiger partial charge in [0, 0.05) is 12.6 Å². The van der Waals surface area contributed by atoms with Crippen molar-refractivity contribution in [2.45, 2.75) is 12.5 Å². The summed E-state index contributed by atoms with van der Waals surface area (Å²) >= 11 is 0. The zero-order chi connectivity index (χ0) is 5.28. The Morgan fingerprint density at radius 2 is 2.57 bits per heavy atom. The van der Waals surface area contributed by atoms with Gasteiger partial charge >= 0.3 is 0 Å². The van der Waals surface area contributed by atoms with Crippen molar-refractivity contribution in [3.05, 3.63) is 0 Å². The Balaban J connectivity index is 2.16. The Morgan fingerprint density at radius 3 is 2.57 bits per heavy atom. The number of hydrogen-bond donors (Lipinski definition) is 1. The van der Waals surface area contributed by atoms with Crippen molar-refractivity contribution >= 4 is 0 Å². The maximum Gasteiger partial charge on any atom is 0.0227 e. The number of rotatable bonds is 1. The predicted octanol–water partition coefficient (Wildman–Crippen LogP) is -0.351. The fraction of sp³-hybridized carbons (Fsp3) is 1.00. The van der Waals surface area contributed by atoms with E-state index in [9.17, 15) is 0 Å². The number of nitrogens with two attached hydrogens (primary N) is 1. The van der Waals surface area contributed by atoms with E-state index in [-0.39, 0.29) is 0 Å². The summed E-state index contributed by atoms with van der Waals surface area (Å²) in [6.45, 7) is 2.07. The molecule has 0 aromatic rings. The highest BCUT2D eigenvalue weighted by atomic mass is 15.2. The summed E-state index contributed by atoms with van der Waals surface area (Å²) in [7, 11) is 2.11. The van der Waals surface area contributed by atoms with Crippen LogP contribution in [0.5, 0.6) is 0 Å². The highest BCUT2D eigenvalue weighted by Gasteiger charge is 2.21. The first-order valence-corrected chi connectivity index (χ1v) is 2.75. The molecule has 1 unspecified atom stereocenters. The zero-order valence-corrected chi connectivity index (χ0v) is 4.72. The third-order valence-corrected chi connectivity index (χ3v) is 1.71. The Bertz CT molecular complexity index is 61.1. The quantitative estimate of drug-likeness (QED) is 0.488. The van der Waals surface area contributed by atoms with Crippen LogP contribution < -0.4 is 5.73 Å². The largest absolute Gasteiger partial charge is 0.329 e. The molecule has 1 rings (SSSR count). The molecule has 0 saturated carbocycles. The van der Waals surface area contributed by atoms with Gasteiger partial charge in [-0.3, -0.25) is 0 Å². The van der Waals surface area contributed by atoms with Crippen molar-refractivity contribution in [1.82, 2.24) is 4.90 Å². The van der Waals surface area contributed by atoms with Gasteiger partial charge in [-0.05, 0) is 20.0 Å². The summed E-state index contributed by atoms with van der Waals surface area (Å²) in [5, 5.41) is 0. The van der Waals surface area contributed by atoms with Crippen LogP contribution in [0, 0.1) is 0 Å². The summed E-state index contributed by atoms with van der Waals surface area (Å²) in [5.74, 6) is 0. The Morgan fingerprint density at radius 1 is 1.86 bits per heavy atom. The van der Waals surface area contributed by atoms with E-state index in [4.69, 9.17) is 5.73 Å². The SMILES string of the molecule is CN1CCC1CN. The molecule has 1 fully saturated rings. The lowest BCUT2D eigenvalue weighted by Gasteiger charge is -2.36. The lowest BCUT2D eigenvalue weighted by atomic mass is 10.1. The van der Waals surface area contributed by atoms with Crippen LogP contribution in [0.4, 0.5) is 0 Å². The van der Waals surface area contributed by atoms with Crippen LogP contribution in [-0.2, 0) is 0 Å². The topological polar surface area (TPSA) is 29.3 Å². The maximum absolute atomic E-state index is 5.38. The van der Waals surface area contributed by atoms with Gasteiger partial charge in [-0.25, -0.2) is 0 Å². The monoisotopic (exact) mass is 100 g/mol. The van der Waals surface area contributed by atoms with E-state index in [0.717, 1.165) is 6.54 Å². The van der Waals surface area contributed by atoms with Gasteiger partial charge in [0.05, 0.1) is 0 Å². The summed E-state index contributed by atoms with van der Waals surface area (Å²) in [5.41, 5.74) is 5.38. The van der Waals surface area contributed by atoms with Gasteiger partial charge in [0.25, 0.3) is 0 Å². The smallest absolute Gasteiger partial charge is 0.0227 e. The second-order valence-electron chi connectivity index (χ2n) is 2.16. The molecule has 2 N–H and O–H groups in total. The van der Waals surface area contributed by atoms with Gasteiger partial charge in [-0.15, -0.1) is 0 Å². The molecule has 1 aliphatic heterocycles. The Hall–Kier alpha value is -0.0800. The Labute approximate surface area is 44.3 Å². The number of nitrogens with zero attached hydrogens (tertiary/aromatic N) is 1. The molecular weight excluding hydrogens is 88.1 g/mol. The fourth-order valence-corrected chi connectivity index (χ4v) is 0.868. The molecule has 0 radical (unpaired) electrons. The van der Waals surface area contributed by atoms with Gasteiger partial charge in [-0.2, -0.15) is 0 Å². The molecular formula is C5H12N2. The molecule has 0 aromatic heterocycles. The van der Waals surface area contributed by atoms with E-state index in [0.29, 0.717) is 6.04 Å². The van der Waals surface area contributed by atoms with Crippen LogP contribution in [0.15, 0.2) is 0 Å². The second-order valence-corrected chi connectivity index (χ2v) is 2.16. The number of likely N-dealkylation sites (N-methyl/N-ethyl adjacent to an activating group) is 1. The van der Waals surface area contributed by atoms with Crippen LogP contribution in [0.2, 0.25) is 0 Å². The Kier molecular flexibility index (Phi) is 1.30. The molecule has 0 amide bonds. The molecule has 42 valence electrons. The number of likely N-dealkylation sites (tertiary alicyclic amines) is 1. The summed E-state index contributed by atoms with van der Waals surface area (Å²) < 4.78 is 0. The maximum atomic E-state index is 5.38. The van der Waals surface area contributed by atoms with Crippen molar-refractivity contribution in [3.8, 4) is 0 Å². The van der Waals surface area contributed by atoms with E-state index in [1.165, 1.54) is 13.0 Å². The van der Waals surface area contributed by atoms with Gasteiger partial charge in [0.2, 0.25) is 0 Å². The first-order valence-electron chi connectivity index (χ1n) is 2.75. The van der Waals surface area contributed by atoms with E-state index in [2.05, 4.69) is 11.9 Å². The van der Waals surface area contributed by atoms with Crippen molar-refractivity contribution < 1.29 is 0 Å². The molecule has 1 heterocycles. The van der Waals surface area contributed by atoms with E-state index < -0.39 is 0 Å². The molecule has 7 heavy (non-hydrogen) atoms. The molecule has 1 aliphatic rings. The van der Waals surface area contributed by atoms with E-state index in [1.54, 1.807) is 0 Å². The molecule has 0 aliphatic carbocycles. The minimum absolute atomic E-state index is 0.694. The predicted molar refractivity (Wildman–Crippen MR) is 30.1 cm³/mol. The van der Waals surface area contributed by atoms with Crippen molar-refractivity contribution in [3.63, 3.8) is 0 Å². The average molecular weight is 100 g/mol. The standard InChI is InChI=1S/C5H12N2/c1-7-3-2-5(7)4-6/h5H,2-4,6H2,1H3. The summed E-state index contributed by atoms with van der Waals surface area (Å²) in [6, 6.07) is 0.694. The van der Waals surface area contributed by atoms with Gasteiger partial charge in [0.15, 0.2) is 0 Å². The molecule has 2 nitrogen and oxygen atoms in total. The molecule has 1 saturated heterocycles. The first kappa shape index (κ1) is 5.06. The average Bonchev–Trinajstić information content (AvgIpc) is 1.65. The van der Waals surface area contributed by atoms with Gasteiger partial charge in [-0.1, -0.05) is 0 Å². The molecule has 1 atom stereocenters. The van der Waals surface area contributed by atoms with Gasteiger partial charge < -0.3 is 10.6 Å².